The standard InChI is InChI=1S/C40H50N8O6/c1-24(2)34(46-38(51)53-6)37(50)48-20-8-10-32(48)35-42-22-31(44-35)28-17-13-26(14-18-28)25-11-15-27(16-12-25)30-21-41-33(43-30)23-47-19-7-9-29(36(47)49)45-39(52)54-40(3,4)5/h11-18,21-22,24,29,32,34H,7-10,19-20,23H2,1-6H3,(H,41,43)(H,42,44)(H,45,52)(H,46,51)/t29-,32?,34?/m1/s1. The second-order valence-electron chi connectivity index (χ2n) is 15.2. The lowest BCUT2D eigenvalue weighted by molar-refractivity contribution is -0.137. The highest BCUT2D eigenvalue weighted by Gasteiger charge is 2.37. The largest absolute Gasteiger partial charge is 0.453 e. The molecule has 0 spiro atoms. The number of aromatic amines is 2. The van der Waals surface area contributed by atoms with Crippen molar-refractivity contribution in [3.05, 3.63) is 72.6 Å². The van der Waals surface area contributed by atoms with Gasteiger partial charge in [0.1, 0.15) is 29.3 Å². The molecule has 3 atom stereocenters. The number of nitrogens with zero attached hydrogens (tertiary/aromatic N) is 4. The number of rotatable bonds is 10. The van der Waals surface area contributed by atoms with Crippen molar-refractivity contribution < 1.29 is 28.7 Å². The molecule has 14 nitrogen and oxygen atoms in total. The molecular weight excluding hydrogens is 688 g/mol. The fourth-order valence-electron chi connectivity index (χ4n) is 6.98. The van der Waals surface area contributed by atoms with Crippen LogP contribution in [0, 0.1) is 5.92 Å². The lowest BCUT2D eigenvalue weighted by Crippen LogP contribution is -2.52. The molecule has 4 N–H and O–H groups in total. The third-order valence-electron chi connectivity index (χ3n) is 9.75. The first kappa shape index (κ1) is 38.1. The Labute approximate surface area is 315 Å². The molecule has 4 amide bonds. The van der Waals surface area contributed by atoms with Crippen LogP contribution in [0.4, 0.5) is 9.59 Å². The maximum atomic E-state index is 13.5. The molecule has 2 aromatic heterocycles. The van der Waals surface area contributed by atoms with E-state index in [1.54, 1.807) is 43.0 Å². The van der Waals surface area contributed by atoms with Crippen LogP contribution in [0.1, 0.15) is 78.0 Å². The number of likely N-dealkylation sites (tertiary alicyclic amines) is 2. The summed E-state index contributed by atoms with van der Waals surface area (Å²) in [5, 5.41) is 5.41. The summed E-state index contributed by atoms with van der Waals surface area (Å²) in [6, 6.07) is 14.9. The average Bonchev–Trinajstić information content (AvgIpc) is 3.93. The van der Waals surface area contributed by atoms with E-state index in [4.69, 9.17) is 9.47 Å². The molecule has 2 aromatic carbocycles. The predicted molar refractivity (Wildman–Crippen MR) is 203 cm³/mol. The monoisotopic (exact) mass is 738 g/mol. The van der Waals surface area contributed by atoms with Crippen LogP contribution < -0.4 is 10.6 Å². The van der Waals surface area contributed by atoms with E-state index in [9.17, 15) is 19.2 Å². The van der Waals surface area contributed by atoms with Gasteiger partial charge in [0.25, 0.3) is 0 Å². The van der Waals surface area contributed by atoms with Crippen molar-refractivity contribution >= 4 is 24.0 Å². The van der Waals surface area contributed by atoms with Gasteiger partial charge in [-0.1, -0.05) is 62.4 Å². The summed E-state index contributed by atoms with van der Waals surface area (Å²) >= 11 is 0. The van der Waals surface area contributed by atoms with Crippen LogP contribution in [0.2, 0.25) is 0 Å². The molecule has 286 valence electrons. The van der Waals surface area contributed by atoms with Gasteiger partial charge in [-0.05, 0) is 74.6 Å². The van der Waals surface area contributed by atoms with Gasteiger partial charge in [-0.3, -0.25) is 9.59 Å². The van der Waals surface area contributed by atoms with Gasteiger partial charge in [0.2, 0.25) is 11.8 Å². The van der Waals surface area contributed by atoms with E-state index in [-0.39, 0.29) is 23.8 Å². The van der Waals surface area contributed by atoms with Crippen LogP contribution in [0.15, 0.2) is 60.9 Å². The molecule has 4 aromatic rings. The van der Waals surface area contributed by atoms with E-state index < -0.39 is 29.9 Å². The summed E-state index contributed by atoms with van der Waals surface area (Å²) in [5.41, 5.74) is 5.11. The summed E-state index contributed by atoms with van der Waals surface area (Å²) in [6.07, 6.45) is 5.32. The summed E-state index contributed by atoms with van der Waals surface area (Å²) < 4.78 is 10.1. The van der Waals surface area contributed by atoms with E-state index in [0.29, 0.717) is 31.9 Å². The zero-order valence-corrected chi connectivity index (χ0v) is 31.8. The molecule has 2 saturated heterocycles. The normalized spacial score (nSPS) is 18.1. The highest BCUT2D eigenvalue weighted by atomic mass is 16.6. The highest BCUT2D eigenvalue weighted by Crippen LogP contribution is 2.33. The van der Waals surface area contributed by atoms with Crippen molar-refractivity contribution in [2.75, 3.05) is 20.2 Å². The molecule has 6 rings (SSSR count). The zero-order valence-electron chi connectivity index (χ0n) is 31.8. The van der Waals surface area contributed by atoms with E-state index in [1.165, 1.54) is 7.11 Å². The maximum Gasteiger partial charge on any atom is 0.408 e. The lowest BCUT2D eigenvalue weighted by atomic mass is 10.0. The van der Waals surface area contributed by atoms with Crippen LogP contribution in [0.3, 0.4) is 0 Å². The van der Waals surface area contributed by atoms with Crippen molar-refractivity contribution in [2.45, 2.75) is 90.6 Å². The van der Waals surface area contributed by atoms with Gasteiger partial charge in [0, 0.05) is 13.1 Å². The van der Waals surface area contributed by atoms with E-state index >= 15 is 0 Å². The number of alkyl carbamates (subject to hydrolysis) is 2. The fourth-order valence-corrected chi connectivity index (χ4v) is 6.98. The first-order chi connectivity index (χ1) is 25.8. The van der Waals surface area contributed by atoms with Gasteiger partial charge in [-0.25, -0.2) is 19.6 Å². The van der Waals surface area contributed by atoms with Crippen molar-refractivity contribution in [3.8, 4) is 33.6 Å². The van der Waals surface area contributed by atoms with Crippen LogP contribution in [0.5, 0.6) is 0 Å². The highest BCUT2D eigenvalue weighted by molar-refractivity contribution is 5.87. The first-order valence-corrected chi connectivity index (χ1v) is 18.5. The molecule has 2 aliphatic rings. The van der Waals surface area contributed by atoms with Crippen LogP contribution in [-0.2, 0) is 25.6 Å². The third kappa shape index (κ3) is 8.92. The number of aromatic nitrogens is 4. The van der Waals surface area contributed by atoms with Gasteiger partial charge in [0.05, 0.1) is 43.5 Å². The summed E-state index contributed by atoms with van der Waals surface area (Å²) in [6.45, 7) is 10.7. The maximum absolute atomic E-state index is 13.5. The molecule has 2 fully saturated rings. The Hall–Kier alpha value is -5.66. The smallest absolute Gasteiger partial charge is 0.408 e. The van der Waals surface area contributed by atoms with Crippen LogP contribution >= 0.6 is 0 Å². The van der Waals surface area contributed by atoms with Crippen molar-refractivity contribution in [2.24, 2.45) is 5.92 Å². The number of carbonyl (C=O) groups excluding carboxylic acids is 4. The Morgan fingerprint density at radius 1 is 0.852 bits per heavy atom. The summed E-state index contributed by atoms with van der Waals surface area (Å²) in [4.78, 5) is 70.3. The molecule has 54 heavy (non-hydrogen) atoms. The number of hydrogen-bond donors (Lipinski definition) is 4. The second kappa shape index (κ2) is 16.1. The van der Waals surface area contributed by atoms with Gasteiger partial charge >= 0.3 is 12.2 Å². The number of amides is 4. The molecule has 2 aliphatic heterocycles. The lowest BCUT2D eigenvalue weighted by Gasteiger charge is -2.32. The Morgan fingerprint density at radius 3 is 2.06 bits per heavy atom. The summed E-state index contributed by atoms with van der Waals surface area (Å²) in [5.74, 6) is 0.998. The third-order valence-corrected chi connectivity index (χ3v) is 9.75. The molecule has 2 unspecified atom stereocenters. The van der Waals surface area contributed by atoms with Gasteiger partial charge in [0.15, 0.2) is 0 Å². The number of carbonyl (C=O) groups is 4. The van der Waals surface area contributed by atoms with Gasteiger partial charge < -0.3 is 39.9 Å². The minimum atomic E-state index is -0.687. The molecule has 14 heteroatoms. The minimum absolute atomic E-state index is 0.104. The molecular formula is C40H50N8O6. The zero-order chi connectivity index (χ0) is 38.6. The van der Waals surface area contributed by atoms with Crippen LogP contribution in [-0.4, -0.2) is 91.6 Å². The topological polar surface area (TPSA) is 175 Å². The molecule has 0 radical (unpaired) electrons. The number of nitrogens with one attached hydrogen (secondary N) is 4. The molecule has 0 bridgehead atoms. The first-order valence-electron chi connectivity index (χ1n) is 18.5. The number of imidazole rings is 2. The van der Waals surface area contributed by atoms with Crippen molar-refractivity contribution in [3.63, 3.8) is 0 Å². The molecule has 4 heterocycles. The van der Waals surface area contributed by atoms with E-state index in [0.717, 1.165) is 58.7 Å². The van der Waals surface area contributed by atoms with Gasteiger partial charge in [-0.2, -0.15) is 0 Å². The Kier molecular flexibility index (Phi) is 11.4. The Balaban J connectivity index is 1.06. The second-order valence-corrected chi connectivity index (χ2v) is 15.2. The van der Waals surface area contributed by atoms with E-state index in [2.05, 4.69) is 54.8 Å². The van der Waals surface area contributed by atoms with E-state index in [1.807, 2.05) is 38.1 Å². The number of H-pyrrole nitrogens is 2. The number of piperidine rings is 1. The SMILES string of the molecule is COC(=O)NC(C(=O)N1CCCC1c1ncc(-c2ccc(-c3ccc(-c4cnc(CN5CCC[C@@H](NC(=O)OC(C)(C)C)C5=O)[nH]4)cc3)cc2)[nH]1)C(C)C. The average molecular weight is 739 g/mol. The number of methoxy groups -OCH3 is 1. The summed E-state index contributed by atoms with van der Waals surface area (Å²) in [7, 11) is 1.29. The van der Waals surface area contributed by atoms with Crippen LogP contribution in [0.25, 0.3) is 33.6 Å². The molecule has 0 aliphatic carbocycles. The number of hydrogen-bond acceptors (Lipinski definition) is 8. The number of benzene rings is 2. The Morgan fingerprint density at radius 2 is 1.44 bits per heavy atom. The predicted octanol–water partition coefficient (Wildman–Crippen LogP) is 6.19. The Bertz CT molecular complexity index is 1950. The fraction of sp³-hybridized carbons (Fsp3) is 0.450. The molecule has 0 saturated carbocycles. The quantitative estimate of drug-likeness (QED) is 0.149. The van der Waals surface area contributed by atoms with Crippen molar-refractivity contribution in [1.82, 2.24) is 40.4 Å². The van der Waals surface area contributed by atoms with Crippen molar-refractivity contribution in [1.29, 1.82) is 0 Å². The number of ether oxygens (including phenoxy) is 2. The van der Waals surface area contributed by atoms with Gasteiger partial charge in [-0.15, -0.1) is 0 Å². The minimum Gasteiger partial charge on any atom is -0.453 e.